The van der Waals surface area contributed by atoms with Crippen LogP contribution in [0.25, 0.3) is 0 Å². The van der Waals surface area contributed by atoms with Crippen molar-refractivity contribution in [1.82, 2.24) is 31.1 Å². The minimum Gasteiger partial charge on any atom is -0.494 e. The number of hydrogen-bond acceptors (Lipinski definition) is 6. The fourth-order valence-corrected chi connectivity index (χ4v) is 4.51. The summed E-state index contributed by atoms with van der Waals surface area (Å²) >= 11 is 0. The molecule has 1 saturated carbocycles. The van der Waals surface area contributed by atoms with Gasteiger partial charge in [-0.3, -0.25) is 14.7 Å². The molecule has 190 valence electrons. The molecule has 2 aromatic carbocycles. The molecule has 2 atom stereocenters. The Balaban J connectivity index is 1.17. The van der Waals surface area contributed by atoms with Crippen molar-refractivity contribution in [1.29, 1.82) is 0 Å². The smallest absolute Gasteiger partial charge is 0.288 e. The van der Waals surface area contributed by atoms with Crippen LogP contribution in [0, 0.1) is 5.82 Å². The van der Waals surface area contributed by atoms with Crippen molar-refractivity contribution >= 4 is 11.8 Å². The molecule has 0 radical (unpaired) electrons. The van der Waals surface area contributed by atoms with Crippen molar-refractivity contribution < 1.29 is 18.7 Å². The van der Waals surface area contributed by atoms with Crippen molar-refractivity contribution in [2.75, 3.05) is 26.7 Å². The van der Waals surface area contributed by atoms with Gasteiger partial charge in [-0.15, -0.1) is 0 Å². The first-order valence-electron chi connectivity index (χ1n) is 12.1. The zero-order chi connectivity index (χ0) is 25.3. The molecule has 36 heavy (non-hydrogen) atoms. The fraction of sp³-hybridized carbons (Fsp3) is 0.385. The SMILES string of the molecule is COc1cc(CCN[C@H]2CC[C@@H](c3ccc(C(=O)NCCNC(=O)c4ncn[nH]4)cc3)C2)ccc1F. The maximum Gasteiger partial charge on any atom is 0.288 e. The number of carbonyl (C=O) groups excluding carboxylic acids is 2. The molecule has 4 N–H and O–H groups in total. The third-order valence-corrected chi connectivity index (χ3v) is 6.47. The Morgan fingerprint density at radius 1 is 1.06 bits per heavy atom. The lowest BCUT2D eigenvalue weighted by Gasteiger charge is -2.14. The van der Waals surface area contributed by atoms with Crippen LogP contribution in [0.15, 0.2) is 48.8 Å². The lowest BCUT2D eigenvalue weighted by molar-refractivity contribution is 0.0922. The van der Waals surface area contributed by atoms with Gasteiger partial charge in [-0.25, -0.2) is 9.37 Å². The van der Waals surface area contributed by atoms with Crippen LogP contribution in [-0.2, 0) is 6.42 Å². The minimum absolute atomic E-state index is 0.134. The summed E-state index contributed by atoms with van der Waals surface area (Å²) in [5.74, 6) is -0.0271. The number of carbonyl (C=O) groups is 2. The summed E-state index contributed by atoms with van der Waals surface area (Å²) < 4.78 is 18.6. The Morgan fingerprint density at radius 2 is 1.83 bits per heavy atom. The number of benzene rings is 2. The largest absolute Gasteiger partial charge is 0.494 e. The van der Waals surface area contributed by atoms with E-state index >= 15 is 0 Å². The van der Waals surface area contributed by atoms with Crippen LogP contribution in [-0.4, -0.2) is 59.8 Å². The molecule has 1 aliphatic rings. The zero-order valence-corrected chi connectivity index (χ0v) is 20.2. The van der Waals surface area contributed by atoms with E-state index in [-0.39, 0.29) is 35.8 Å². The zero-order valence-electron chi connectivity index (χ0n) is 20.2. The van der Waals surface area contributed by atoms with Gasteiger partial charge in [0.15, 0.2) is 11.6 Å². The molecule has 4 rings (SSSR count). The van der Waals surface area contributed by atoms with Crippen LogP contribution in [0.1, 0.15) is 57.3 Å². The molecule has 0 saturated heterocycles. The monoisotopic (exact) mass is 494 g/mol. The summed E-state index contributed by atoms with van der Waals surface area (Å²) in [4.78, 5) is 28.0. The molecule has 10 heteroatoms. The molecule has 1 aromatic heterocycles. The molecule has 1 heterocycles. The highest BCUT2D eigenvalue weighted by Crippen LogP contribution is 2.34. The van der Waals surface area contributed by atoms with Crippen LogP contribution in [0.5, 0.6) is 5.75 Å². The van der Waals surface area contributed by atoms with Gasteiger partial charge in [-0.05, 0) is 73.5 Å². The van der Waals surface area contributed by atoms with Crippen molar-refractivity contribution in [2.45, 2.75) is 37.6 Å². The lowest BCUT2D eigenvalue weighted by Crippen LogP contribution is -2.35. The van der Waals surface area contributed by atoms with E-state index in [2.05, 4.69) is 31.1 Å². The average Bonchev–Trinajstić information content (AvgIpc) is 3.60. The summed E-state index contributed by atoms with van der Waals surface area (Å²) in [5.41, 5.74) is 2.86. The quantitative estimate of drug-likeness (QED) is 0.304. The van der Waals surface area contributed by atoms with Crippen LogP contribution >= 0.6 is 0 Å². The van der Waals surface area contributed by atoms with E-state index in [9.17, 15) is 14.0 Å². The molecular weight excluding hydrogens is 463 g/mol. The molecular formula is C26H31FN6O3. The van der Waals surface area contributed by atoms with Gasteiger partial charge < -0.3 is 20.7 Å². The molecule has 1 aliphatic carbocycles. The molecule has 1 fully saturated rings. The fourth-order valence-electron chi connectivity index (χ4n) is 4.51. The maximum absolute atomic E-state index is 13.6. The Bertz CT molecular complexity index is 1150. The third-order valence-electron chi connectivity index (χ3n) is 6.47. The van der Waals surface area contributed by atoms with Crippen molar-refractivity contribution in [3.8, 4) is 5.75 Å². The molecule has 9 nitrogen and oxygen atoms in total. The van der Waals surface area contributed by atoms with E-state index < -0.39 is 0 Å². The average molecular weight is 495 g/mol. The standard InChI is InChI=1S/C26H31FN6O3/c1-36-23-14-17(2-9-22(23)27)10-11-28-21-8-7-20(15-21)18-3-5-19(6-4-18)25(34)29-12-13-30-26(35)24-31-16-32-33-24/h2-6,9,14,16,20-21,28H,7-8,10-13,15H2,1H3,(H,29,34)(H,30,35)(H,31,32,33)/t20-,21+/m1/s1. The van der Waals surface area contributed by atoms with Crippen molar-refractivity contribution in [2.24, 2.45) is 0 Å². The van der Waals surface area contributed by atoms with E-state index in [1.54, 1.807) is 12.1 Å². The second kappa shape index (κ2) is 12.3. The number of nitrogens with zero attached hydrogens (tertiary/aromatic N) is 2. The van der Waals surface area contributed by atoms with E-state index in [0.29, 0.717) is 24.1 Å². The topological polar surface area (TPSA) is 121 Å². The highest BCUT2D eigenvalue weighted by molar-refractivity contribution is 5.94. The second-order valence-corrected chi connectivity index (χ2v) is 8.85. The number of rotatable bonds is 11. The highest BCUT2D eigenvalue weighted by Gasteiger charge is 2.25. The van der Waals surface area contributed by atoms with Gasteiger partial charge in [0.2, 0.25) is 5.82 Å². The van der Waals surface area contributed by atoms with Crippen molar-refractivity contribution in [3.63, 3.8) is 0 Å². The minimum atomic E-state index is -0.369. The van der Waals surface area contributed by atoms with E-state index in [0.717, 1.165) is 37.8 Å². The predicted octanol–water partition coefficient (Wildman–Crippen LogP) is 2.58. The maximum atomic E-state index is 13.6. The predicted molar refractivity (Wildman–Crippen MR) is 133 cm³/mol. The number of methoxy groups -OCH3 is 1. The van der Waals surface area contributed by atoms with Gasteiger partial charge >= 0.3 is 0 Å². The molecule has 0 spiro atoms. The Labute approximate surface area is 209 Å². The van der Waals surface area contributed by atoms with Gasteiger partial charge in [0, 0.05) is 24.7 Å². The highest BCUT2D eigenvalue weighted by atomic mass is 19.1. The Kier molecular flexibility index (Phi) is 8.62. The van der Waals surface area contributed by atoms with E-state index in [1.165, 1.54) is 25.1 Å². The molecule has 0 unspecified atom stereocenters. The number of aromatic amines is 1. The summed E-state index contributed by atoms with van der Waals surface area (Å²) in [6, 6.07) is 13.2. The van der Waals surface area contributed by atoms with Crippen molar-refractivity contribution in [3.05, 3.63) is 77.1 Å². The van der Waals surface area contributed by atoms with Crippen LogP contribution in [0.4, 0.5) is 4.39 Å². The number of ether oxygens (including phenoxy) is 1. The lowest BCUT2D eigenvalue weighted by atomic mass is 9.96. The first kappa shape index (κ1) is 25.3. The molecule has 0 bridgehead atoms. The third kappa shape index (κ3) is 6.66. The summed E-state index contributed by atoms with van der Waals surface area (Å²) in [6.45, 7) is 1.42. The second-order valence-electron chi connectivity index (χ2n) is 8.85. The van der Waals surface area contributed by atoms with E-state index in [4.69, 9.17) is 4.74 Å². The normalized spacial score (nSPS) is 17.1. The van der Waals surface area contributed by atoms with E-state index in [1.807, 2.05) is 24.3 Å². The number of nitrogens with one attached hydrogen (secondary N) is 4. The Morgan fingerprint density at radius 3 is 2.56 bits per heavy atom. The first-order valence-corrected chi connectivity index (χ1v) is 12.1. The summed E-state index contributed by atoms with van der Waals surface area (Å²) in [7, 11) is 1.47. The molecule has 3 aromatic rings. The Hall–Kier alpha value is -3.79. The number of H-pyrrole nitrogens is 1. The van der Waals surface area contributed by atoms with Crippen LogP contribution < -0.4 is 20.7 Å². The summed E-state index contributed by atoms with van der Waals surface area (Å²) in [6.07, 6.45) is 5.31. The number of aromatic nitrogens is 3. The van der Waals surface area contributed by atoms with Gasteiger partial charge in [0.1, 0.15) is 6.33 Å². The van der Waals surface area contributed by atoms with Gasteiger partial charge in [0.05, 0.1) is 7.11 Å². The first-order chi connectivity index (χ1) is 17.5. The summed E-state index contributed by atoms with van der Waals surface area (Å²) in [5, 5.41) is 15.2. The molecule has 0 aliphatic heterocycles. The van der Waals surface area contributed by atoms with Crippen LogP contribution in [0.3, 0.4) is 0 Å². The van der Waals surface area contributed by atoms with Gasteiger partial charge in [-0.1, -0.05) is 18.2 Å². The van der Waals surface area contributed by atoms with Crippen LogP contribution in [0.2, 0.25) is 0 Å². The molecule has 2 amide bonds. The number of halogens is 1. The van der Waals surface area contributed by atoms with Gasteiger partial charge in [-0.2, -0.15) is 5.10 Å². The number of hydrogen-bond donors (Lipinski definition) is 4. The number of amides is 2. The van der Waals surface area contributed by atoms with Gasteiger partial charge in [0.25, 0.3) is 11.8 Å².